The molecule has 0 fully saturated rings. The van der Waals surface area contributed by atoms with Crippen LogP contribution in [0.4, 0.5) is 17.1 Å². The van der Waals surface area contributed by atoms with Gasteiger partial charge in [0.25, 0.3) is 25.9 Å². The fraction of sp³-hybridized carbons (Fsp3) is 0. The summed E-state index contributed by atoms with van der Waals surface area (Å²) in [5, 5.41) is 22.7. The molecule has 3 rings (SSSR count). The van der Waals surface area contributed by atoms with Gasteiger partial charge in [0.05, 0.1) is 21.2 Å². The zero-order valence-electron chi connectivity index (χ0n) is 17.2. The normalized spacial score (nSPS) is 12.6. The molecule has 0 aromatic heterocycles. The van der Waals surface area contributed by atoms with Crippen LogP contribution in [0, 0.1) is 13.7 Å². The average molecular weight is 631 g/mol. The first-order chi connectivity index (χ1) is 16.3. The largest absolute Gasteiger partial charge is 0.295 e. The maximum atomic E-state index is 12.0. The molecule has 182 valence electrons. The van der Waals surface area contributed by atoms with E-state index in [1.165, 1.54) is 24.3 Å². The molecule has 0 aliphatic heterocycles. The second-order valence-corrected chi connectivity index (χ2v) is 10.7. The second-order valence-electron chi connectivity index (χ2n) is 6.64. The van der Waals surface area contributed by atoms with Gasteiger partial charge in [-0.3, -0.25) is 24.6 Å². The summed E-state index contributed by atoms with van der Waals surface area (Å²) in [5.41, 5.74) is 2.66. The first kappa shape index (κ1) is 26.3. The van der Waals surface area contributed by atoms with Crippen LogP contribution in [0.15, 0.2) is 91.9 Å². The molecule has 13 nitrogen and oxygen atoms in total. The number of amidine groups is 1. The van der Waals surface area contributed by atoms with Crippen molar-refractivity contribution >= 4 is 65.7 Å². The Balaban J connectivity index is 2.12. The summed E-state index contributed by atoms with van der Waals surface area (Å²) in [5.74, 6) is -0.392. The Hall–Kier alpha value is -3.32. The van der Waals surface area contributed by atoms with Gasteiger partial charge in [-0.25, -0.2) is 0 Å². The van der Waals surface area contributed by atoms with Gasteiger partial charge in [0.15, 0.2) is 0 Å². The molecule has 0 atom stereocenters. The second kappa shape index (κ2) is 10.5. The predicted molar refractivity (Wildman–Crippen MR) is 133 cm³/mol. The quantitative estimate of drug-likeness (QED) is 0.0648. The Morgan fingerprint density at radius 3 is 2.09 bits per heavy atom. The molecule has 35 heavy (non-hydrogen) atoms. The zero-order chi connectivity index (χ0) is 25.8. The number of anilines is 1. The van der Waals surface area contributed by atoms with Crippen LogP contribution in [0.1, 0.15) is 5.56 Å². The minimum Gasteiger partial charge on any atom is -0.282 e. The number of benzene rings is 3. The number of hydrogen-bond acceptors (Lipinski definition) is 9. The molecule has 16 heteroatoms. The molecule has 0 amide bonds. The molecule has 0 heterocycles. The molecule has 0 saturated carbocycles. The van der Waals surface area contributed by atoms with Gasteiger partial charge in [-0.1, -0.05) is 0 Å². The van der Waals surface area contributed by atoms with Crippen molar-refractivity contribution in [1.82, 2.24) is 0 Å². The first-order valence-electron chi connectivity index (χ1n) is 9.19. The van der Waals surface area contributed by atoms with Crippen molar-refractivity contribution in [3.63, 3.8) is 0 Å². The molecule has 3 N–H and O–H groups in total. The Morgan fingerprint density at radius 2 is 1.54 bits per heavy atom. The van der Waals surface area contributed by atoms with E-state index in [9.17, 15) is 36.1 Å². The summed E-state index contributed by atoms with van der Waals surface area (Å²) < 4.78 is 66.8. The molecule has 0 spiro atoms. The Kier molecular flexibility index (Phi) is 7.90. The number of halogens is 1. The zero-order valence-corrected chi connectivity index (χ0v) is 21.0. The summed E-state index contributed by atoms with van der Waals surface area (Å²) in [7, 11) is -9.80. The maximum Gasteiger partial charge on any atom is 0.295 e. The summed E-state index contributed by atoms with van der Waals surface area (Å²) in [6, 6.07) is 14.2. The summed E-state index contributed by atoms with van der Waals surface area (Å²) in [4.78, 5) is 8.54. The van der Waals surface area contributed by atoms with Crippen molar-refractivity contribution in [2.75, 3.05) is 5.43 Å². The van der Waals surface area contributed by atoms with E-state index in [1.54, 1.807) is 24.3 Å². The van der Waals surface area contributed by atoms with Crippen LogP contribution in [0.5, 0.6) is 0 Å². The molecule has 0 aliphatic rings. The van der Waals surface area contributed by atoms with Gasteiger partial charge in [0.2, 0.25) is 5.84 Å². The average Bonchev–Trinajstić information content (AvgIpc) is 2.79. The van der Waals surface area contributed by atoms with E-state index in [4.69, 9.17) is 0 Å². The van der Waals surface area contributed by atoms with Crippen LogP contribution in [0.3, 0.4) is 0 Å². The highest BCUT2D eigenvalue weighted by Gasteiger charge is 2.23. The van der Waals surface area contributed by atoms with Crippen LogP contribution < -0.4 is 5.43 Å². The Bertz CT molecular complexity index is 1540. The van der Waals surface area contributed by atoms with Crippen LogP contribution in [-0.4, -0.2) is 36.7 Å². The third kappa shape index (κ3) is 7.09. The van der Waals surface area contributed by atoms with Crippen LogP contribution in [0.25, 0.3) is 0 Å². The van der Waals surface area contributed by atoms with Crippen LogP contribution in [0.2, 0.25) is 0 Å². The molecule has 0 saturated heterocycles. The van der Waals surface area contributed by atoms with E-state index >= 15 is 0 Å². The smallest absolute Gasteiger partial charge is 0.282 e. The summed E-state index contributed by atoms with van der Waals surface area (Å²) >= 11 is 2.08. The molecule has 0 unspecified atom stereocenters. The number of hydrazone groups is 1. The number of nitrogens with zero attached hydrogens (tertiary/aromatic N) is 4. The van der Waals surface area contributed by atoms with Gasteiger partial charge < -0.3 is 0 Å². The van der Waals surface area contributed by atoms with Crippen LogP contribution >= 0.6 is 22.6 Å². The number of hydrogen-bond donors (Lipinski definition) is 3. The topological polar surface area (TPSA) is 201 Å². The lowest BCUT2D eigenvalue weighted by Crippen LogP contribution is -2.11. The molecule has 3 aromatic rings. The highest BCUT2D eigenvalue weighted by molar-refractivity contribution is 14.1. The minimum absolute atomic E-state index is 0.174. The maximum absolute atomic E-state index is 12.0. The highest BCUT2D eigenvalue weighted by Crippen LogP contribution is 2.24. The third-order valence-electron chi connectivity index (χ3n) is 4.23. The number of nitro benzene ring substituents is 1. The number of rotatable bonds is 7. The summed E-state index contributed by atoms with van der Waals surface area (Å²) in [6.45, 7) is 0. The van der Waals surface area contributed by atoms with E-state index < -0.39 is 40.8 Å². The number of nitrogens with one attached hydrogen (secondary N) is 1. The fourth-order valence-corrected chi connectivity index (χ4v) is 4.24. The lowest BCUT2D eigenvalue weighted by molar-refractivity contribution is -0.384. The van der Waals surface area contributed by atoms with Crippen molar-refractivity contribution in [3.8, 4) is 0 Å². The lowest BCUT2D eigenvalue weighted by Gasteiger charge is -2.09. The van der Waals surface area contributed by atoms with Gasteiger partial charge in [-0.2, -0.15) is 21.9 Å². The molecular formula is C19H14IN5O8S2. The van der Waals surface area contributed by atoms with E-state index in [2.05, 4.69) is 43.3 Å². The first-order valence-corrected chi connectivity index (χ1v) is 13.2. The van der Waals surface area contributed by atoms with Gasteiger partial charge in [0, 0.05) is 21.3 Å². The Morgan fingerprint density at radius 1 is 0.914 bits per heavy atom. The van der Waals surface area contributed by atoms with E-state index in [0.717, 1.165) is 15.7 Å². The predicted octanol–water partition coefficient (Wildman–Crippen LogP) is 4.25. The molecule has 0 bridgehead atoms. The van der Waals surface area contributed by atoms with Crippen molar-refractivity contribution in [2.45, 2.75) is 9.79 Å². The standard InChI is InChI=1S/C19H14IN5O8S2/c20-12-1-3-13(4-2-12)21-23-19(24-22-14-5-7-15(8-6-14)25(26)27)17-10-9-16(34(28,29)30)11-18(17)35(31,32)33/h1-11,22H,(H,28,29,30)(H,31,32,33)/b23-21+,24-19-. The van der Waals surface area contributed by atoms with Crippen molar-refractivity contribution in [3.05, 3.63) is 86.0 Å². The van der Waals surface area contributed by atoms with Crippen molar-refractivity contribution < 1.29 is 30.9 Å². The number of nitro groups is 1. The van der Waals surface area contributed by atoms with Gasteiger partial charge in [-0.05, 0) is 77.2 Å². The van der Waals surface area contributed by atoms with Gasteiger partial charge in [-0.15, -0.1) is 10.2 Å². The monoisotopic (exact) mass is 631 g/mol. The van der Waals surface area contributed by atoms with Gasteiger partial charge in [0.1, 0.15) is 4.90 Å². The highest BCUT2D eigenvalue weighted by atomic mass is 127. The lowest BCUT2D eigenvalue weighted by atomic mass is 10.2. The number of azo groups is 1. The minimum atomic E-state index is -5.01. The third-order valence-corrected chi connectivity index (χ3v) is 6.69. The summed E-state index contributed by atoms with van der Waals surface area (Å²) in [6.07, 6.45) is 0. The SMILES string of the molecule is O=[N+]([O-])c1ccc(N/N=C(\N=N\c2ccc(I)cc2)c2ccc(S(=O)(=O)O)cc2S(=O)(=O)O)cc1. The molecule has 3 aromatic carbocycles. The van der Waals surface area contributed by atoms with E-state index in [0.29, 0.717) is 11.8 Å². The Labute approximate surface area is 212 Å². The molecular weight excluding hydrogens is 617 g/mol. The molecule has 0 aliphatic carbocycles. The van der Waals surface area contributed by atoms with Crippen molar-refractivity contribution in [1.29, 1.82) is 0 Å². The fourth-order valence-electron chi connectivity index (χ4n) is 2.59. The van der Waals surface area contributed by atoms with E-state index in [-0.39, 0.29) is 16.9 Å². The number of non-ortho nitro benzene ring substituents is 1. The van der Waals surface area contributed by atoms with Crippen LogP contribution in [-0.2, 0) is 20.2 Å². The van der Waals surface area contributed by atoms with E-state index in [1.807, 2.05) is 0 Å². The molecule has 0 radical (unpaired) electrons. The van der Waals surface area contributed by atoms with Gasteiger partial charge >= 0.3 is 0 Å². The van der Waals surface area contributed by atoms with Crippen molar-refractivity contribution in [2.24, 2.45) is 15.3 Å².